The summed E-state index contributed by atoms with van der Waals surface area (Å²) in [6, 6.07) is 7.38. The maximum Gasteiger partial charge on any atom is 0.164 e. The molecule has 1 aromatic carbocycles. The summed E-state index contributed by atoms with van der Waals surface area (Å²) in [7, 11) is 0. The zero-order chi connectivity index (χ0) is 9.31. The molecule has 0 fully saturated rings. The van der Waals surface area contributed by atoms with Gasteiger partial charge in [-0.05, 0) is 12.5 Å². The summed E-state index contributed by atoms with van der Waals surface area (Å²) in [6.07, 6.45) is 2.03. The van der Waals surface area contributed by atoms with Crippen molar-refractivity contribution >= 4 is 6.21 Å². The Morgan fingerprint density at radius 1 is 1.46 bits per heavy atom. The zero-order valence-corrected chi connectivity index (χ0v) is 7.40. The highest BCUT2D eigenvalue weighted by atomic mass is 16.6. The summed E-state index contributed by atoms with van der Waals surface area (Å²) < 4.78 is 0. The third kappa shape index (κ3) is 1.21. The number of oxime groups is 1. The van der Waals surface area contributed by atoms with E-state index in [1.807, 2.05) is 25.1 Å². The van der Waals surface area contributed by atoms with Crippen molar-refractivity contribution in [2.75, 3.05) is 0 Å². The Morgan fingerprint density at radius 2 is 2.23 bits per heavy atom. The van der Waals surface area contributed by atoms with Crippen molar-refractivity contribution in [2.45, 2.75) is 18.9 Å². The molecule has 1 heterocycles. The average molecular weight is 177 g/mol. The van der Waals surface area contributed by atoms with Gasteiger partial charge in [0.25, 0.3) is 0 Å². The second-order valence-electron chi connectivity index (χ2n) is 3.10. The highest BCUT2D eigenvalue weighted by Gasteiger charge is 2.31. The Hall–Kier alpha value is -1.35. The van der Waals surface area contributed by atoms with E-state index in [0.29, 0.717) is 12.2 Å². The number of rotatable bonds is 1. The predicted octanol–water partition coefficient (Wildman–Crippen LogP) is 1.66. The number of benzene rings is 1. The molecule has 1 aliphatic heterocycles. The molecule has 68 valence electrons. The molecular weight excluding hydrogens is 166 g/mol. The third-order valence-corrected chi connectivity index (χ3v) is 2.31. The van der Waals surface area contributed by atoms with Crippen molar-refractivity contribution in [2.24, 2.45) is 5.16 Å². The minimum Gasteiger partial charge on any atom is -0.379 e. The van der Waals surface area contributed by atoms with Crippen molar-refractivity contribution in [1.29, 1.82) is 0 Å². The average Bonchev–Trinajstić information content (AvgIpc) is 2.19. The summed E-state index contributed by atoms with van der Waals surface area (Å²) in [6.45, 7) is 1.91. The monoisotopic (exact) mass is 177 g/mol. The third-order valence-electron chi connectivity index (χ3n) is 2.31. The van der Waals surface area contributed by atoms with Crippen LogP contribution in [-0.4, -0.2) is 11.3 Å². The van der Waals surface area contributed by atoms with Crippen LogP contribution >= 0.6 is 0 Å². The van der Waals surface area contributed by atoms with Gasteiger partial charge < -0.3 is 9.94 Å². The lowest BCUT2D eigenvalue weighted by Crippen LogP contribution is -2.29. The second-order valence-corrected chi connectivity index (χ2v) is 3.10. The van der Waals surface area contributed by atoms with Crippen LogP contribution < -0.4 is 4.84 Å². The number of hydrogen-bond acceptors (Lipinski definition) is 3. The highest BCUT2D eigenvalue weighted by Crippen LogP contribution is 2.33. The molecule has 0 amide bonds. The molecule has 3 nitrogen and oxygen atoms in total. The van der Waals surface area contributed by atoms with Gasteiger partial charge in [-0.2, -0.15) is 0 Å². The maximum absolute atomic E-state index is 10.1. The van der Waals surface area contributed by atoms with Crippen LogP contribution in [0.25, 0.3) is 0 Å². The molecule has 0 saturated carbocycles. The largest absolute Gasteiger partial charge is 0.379 e. The van der Waals surface area contributed by atoms with E-state index in [2.05, 4.69) is 5.16 Å². The van der Waals surface area contributed by atoms with Crippen molar-refractivity contribution in [3.8, 4) is 5.75 Å². The molecule has 2 rings (SSSR count). The van der Waals surface area contributed by atoms with Gasteiger partial charge in [0.1, 0.15) is 5.60 Å². The Bertz CT molecular complexity index is 349. The Balaban J connectivity index is 2.54. The van der Waals surface area contributed by atoms with Gasteiger partial charge in [-0.25, -0.2) is 0 Å². The van der Waals surface area contributed by atoms with E-state index in [1.165, 1.54) is 6.21 Å². The first-order valence-electron chi connectivity index (χ1n) is 4.30. The lowest BCUT2D eigenvalue weighted by Gasteiger charge is -2.26. The fourth-order valence-electron chi connectivity index (χ4n) is 1.43. The molecule has 1 aromatic rings. The van der Waals surface area contributed by atoms with Crippen molar-refractivity contribution in [3.63, 3.8) is 0 Å². The van der Waals surface area contributed by atoms with Gasteiger partial charge in [0, 0.05) is 5.56 Å². The minimum atomic E-state index is -0.963. The van der Waals surface area contributed by atoms with E-state index in [4.69, 9.17) is 4.84 Å². The van der Waals surface area contributed by atoms with Gasteiger partial charge >= 0.3 is 0 Å². The second kappa shape index (κ2) is 2.85. The first kappa shape index (κ1) is 8.26. The van der Waals surface area contributed by atoms with Crippen molar-refractivity contribution in [1.82, 2.24) is 0 Å². The van der Waals surface area contributed by atoms with E-state index < -0.39 is 5.60 Å². The van der Waals surface area contributed by atoms with E-state index in [1.54, 1.807) is 6.07 Å². The standard InChI is InChI=1S/C10H11NO2/c1-2-10(12)7-11-13-9-6-4-3-5-8(9)10/h3-7,12H,2H2,1H3. The van der Waals surface area contributed by atoms with E-state index in [-0.39, 0.29) is 0 Å². The van der Waals surface area contributed by atoms with Crippen molar-refractivity contribution in [3.05, 3.63) is 29.8 Å². The van der Waals surface area contributed by atoms with Gasteiger partial charge in [0.2, 0.25) is 0 Å². The number of fused-ring (bicyclic) bond motifs is 1. The quantitative estimate of drug-likeness (QED) is 0.708. The fourth-order valence-corrected chi connectivity index (χ4v) is 1.43. The van der Waals surface area contributed by atoms with Crippen LogP contribution in [0.5, 0.6) is 5.75 Å². The number of nitrogens with zero attached hydrogens (tertiary/aromatic N) is 1. The summed E-state index contributed by atoms with van der Waals surface area (Å²) >= 11 is 0. The fraction of sp³-hybridized carbons (Fsp3) is 0.300. The Labute approximate surface area is 76.6 Å². The first-order chi connectivity index (χ1) is 6.26. The van der Waals surface area contributed by atoms with Gasteiger partial charge in [-0.3, -0.25) is 0 Å². The van der Waals surface area contributed by atoms with Crippen LogP contribution in [0.3, 0.4) is 0 Å². The molecule has 0 spiro atoms. The SMILES string of the molecule is CCC1(O)C=NOc2ccccc21. The molecule has 13 heavy (non-hydrogen) atoms. The molecule has 0 aliphatic carbocycles. The Kier molecular flexibility index (Phi) is 1.81. The van der Waals surface area contributed by atoms with Crippen LogP contribution in [0.4, 0.5) is 0 Å². The molecule has 1 N–H and O–H groups in total. The topological polar surface area (TPSA) is 41.8 Å². The van der Waals surface area contributed by atoms with Crippen molar-refractivity contribution < 1.29 is 9.94 Å². The number of hydrogen-bond donors (Lipinski definition) is 1. The van der Waals surface area contributed by atoms with Crippen LogP contribution in [0.2, 0.25) is 0 Å². The first-order valence-corrected chi connectivity index (χ1v) is 4.30. The normalized spacial score (nSPS) is 25.1. The molecule has 1 aliphatic rings. The molecule has 0 bridgehead atoms. The molecular formula is C10H11NO2. The van der Waals surface area contributed by atoms with Gasteiger partial charge in [-0.15, -0.1) is 0 Å². The van der Waals surface area contributed by atoms with Crippen LogP contribution in [-0.2, 0) is 5.60 Å². The van der Waals surface area contributed by atoms with Crippen LogP contribution in [0, 0.1) is 0 Å². The molecule has 1 unspecified atom stereocenters. The summed E-state index contributed by atoms with van der Waals surface area (Å²) in [5.41, 5.74) is -0.179. The minimum absolute atomic E-state index is 0.594. The number of aliphatic hydroxyl groups is 1. The van der Waals surface area contributed by atoms with Crippen LogP contribution in [0.15, 0.2) is 29.4 Å². The van der Waals surface area contributed by atoms with E-state index in [0.717, 1.165) is 5.56 Å². The van der Waals surface area contributed by atoms with Gasteiger partial charge in [0.15, 0.2) is 5.75 Å². The van der Waals surface area contributed by atoms with Gasteiger partial charge in [-0.1, -0.05) is 30.3 Å². The van der Waals surface area contributed by atoms with Crippen LogP contribution in [0.1, 0.15) is 18.9 Å². The van der Waals surface area contributed by atoms with Gasteiger partial charge in [0.05, 0.1) is 6.21 Å². The summed E-state index contributed by atoms with van der Waals surface area (Å²) in [4.78, 5) is 5.03. The Morgan fingerprint density at radius 3 is 3.00 bits per heavy atom. The smallest absolute Gasteiger partial charge is 0.164 e. The highest BCUT2D eigenvalue weighted by molar-refractivity contribution is 5.73. The molecule has 0 aromatic heterocycles. The predicted molar refractivity (Wildman–Crippen MR) is 49.7 cm³/mol. The maximum atomic E-state index is 10.1. The lowest BCUT2D eigenvalue weighted by atomic mass is 9.91. The summed E-state index contributed by atoms with van der Waals surface area (Å²) in [5.74, 6) is 0.634. The zero-order valence-electron chi connectivity index (χ0n) is 7.40. The lowest BCUT2D eigenvalue weighted by molar-refractivity contribution is 0.0965. The molecule has 3 heteroatoms. The molecule has 0 saturated heterocycles. The summed E-state index contributed by atoms with van der Waals surface area (Å²) in [5, 5.41) is 13.8. The van der Waals surface area contributed by atoms with E-state index >= 15 is 0 Å². The molecule has 0 radical (unpaired) electrons. The number of para-hydroxylation sites is 1. The van der Waals surface area contributed by atoms with E-state index in [9.17, 15) is 5.11 Å². The molecule has 1 atom stereocenters.